The van der Waals surface area contributed by atoms with Gasteiger partial charge in [0.2, 0.25) is 0 Å². The lowest BCUT2D eigenvalue weighted by molar-refractivity contribution is 0.0958. The molecule has 1 amide bonds. The summed E-state index contributed by atoms with van der Waals surface area (Å²) in [4.78, 5) is 15.8. The van der Waals surface area contributed by atoms with E-state index in [2.05, 4.69) is 10.3 Å². The monoisotopic (exact) mass is 323 g/mol. The SMILES string of the molecule is CNC(=O)c1cc(C(/C=C(\N)c2cc(N)ccc2C)=C/N)ccn1. The highest BCUT2D eigenvalue weighted by atomic mass is 16.1. The van der Waals surface area contributed by atoms with Crippen molar-refractivity contribution in [2.24, 2.45) is 11.5 Å². The van der Waals surface area contributed by atoms with E-state index in [0.717, 1.165) is 16.7 Å². The Balaban J connectivity index is 2.42. The zero-order valence-corrected chi connectivity index (χ0v) is 13.7. The number of rotatable bonds is 4. The minimum Gasteiger partial charge on any atom is -0.404 e. The van der Waals surface area contributed by atoms with Crippen molar-refractivity contribution in [2.75, 3.05) is 12.8 Å². The Bertz CT molecular complexity index is 824. The molecule has 0 aliphatic carbocycles. The molecule has 1 aromatic heterocycles. The third-order valence-corrected chi connectivity index (χ3v) is 3.62. The molecule has 1 heterocycles. The maximum absolute atomic E-state index is 11.7. The summed E-state index contributed by atoms with van der Waals surface area (Å²) in [5.41, 5.74) is 22.6. The van der Waals surface area contributed by atoms with Crippen LogP contribution in [0, 0.1) is 6.92 Å². The van der Waals surface area contributed by atoms with Crippen molar-refractivity contribution >= 4 is 22.9 Å². The van der Waals surface area contributed by atoms with E-state index in [0.29, 0.717) is 22.7 Å². The molecule has 0 bridgehead atoms. The Kier molecular flexibility index (Phi) is 5.21. The van der Waals surface area contributed by atoms with E-state index in [-0.39, 0.29) is 5.91 Å². The van der Waals surface area contributed by atoms with Crippen LogP contribution in [0.5, 0.6) is 0 Å². The molecule has 6 heteroatoms. The topological polar surface area (TPSA) is 120 Å². The number of aryl methyl sites for hydroxylation is 1. The molecule has 0 unspecified atom stereocenters. The molecular weight excluding hydrogens is 302 g/mol. The number of nitrogen functional groups attached to an aromatic ring is 1. The molecule has 124 valence electrons. The van der Waals surface area contributed by atoms with Gasteiger partial charge in [0.05, 0.1) is 0 Å². The molecule has 0 aliphatic heterocycles. The van der Waals surface area contributed by atoms with Crippen molar-refractivity contribution < 1.29 is 4.79 Å². The smallest absolute Gasteiger partial charge is 0.269 e. The first kappa shape index (κ1) is 17.1. The van der Waals surface area contributed by atoms with Gasteiger partial charge in [0, 0.05) is 36.4 Å². The number of aromatic nitrogens is 1. The van der Waals surface area contributed by atoms with Crippen LogP contribution < -0.4 is 22.5 Å². The van der Waals surface area contributed by atoms with Gasteiger partial charge >= 0.3 is 0 Å². The predicted molar refractivity (Wildman–Crippen MR) is 97.5 cm³/mol. The highest BCUT2D eigenvalue weighted by molar-refractivity contribution is 5.93. The van der Waals surface area contributed by atoms with Gasteiger partial charge < -0.3 is 22.5 Å². The molecule has 0 saturated carbocycles. The van der Waals surface area contributed by atoms with Crippen LogP contribution in [0.4, 0.5) is 5.69 Å². The average Bonchev–Trinajstić information content (AvgIpc) is 2.60. The van der Waals surface area contributed by atoms with Gasteiger partial charge in [-0.15, -0.1) is 0 Å². The summed E-state index contributed by atoms with van der Waals surface area (Å²) >= 11 is 0. The molecule has 0 aliphatic rings. The van der Waals surface area contributed by atoms with Gasteiger partial charge in [-0.3, -0.25) is 9.78 Å². The lowest BCUT2D eigenvalue weighted by Gasteiger charge is -2.10. The van der Waals surface area contributed by atoms with E-state index >= 15 is 0 Å². The number of anilines is 1. The van der Waals surface area contributed by atoms with Gasteiger partial charge in [-0.25, -0.2) is 0 Å². The van der Waals surface area contributed by atoms with Crippen molar-refractivity contribution in [3.63, 3.8) is 0 Å². The van der Waals surface area contributed by atoms with Gasteiger partial charge in [-0.1, -0.05) is 6.07 Å². The van der Waals surface area contributed by atoms with Crippen LogP contribution in [0.15, 0.2) is 48.8 Å². The number of nitrogens with two attached hydrogens (primary N) is 3. The summed E-state index contributed by atoms with van der Waals surface area (Å²) in [7, 11) is 1.55. The maximum atomic E-state index is 11.7. The Morgan fingerprint density at radius 1 is 1.25 bits per heavy atom. The second-order valence-corrected chi connectivity index (χ2v) is 5.30. The molecular formula is C18H21N5O. The van der Waals surface area contributed by atoms with Gasteiger partial charge in [0.15, 0.2) is 0 Å². The first-order valence-corrected chi connectivity index (χ1v) is 7.40. The first-order valence-electron chi connectivity index (χ1n) is 7.40. The van der Waals surface area contributed by atoms with E-state index in [1.54, 1.807) is 31.5 Å². The summed E-state index contributed by atoms with van der Waals surface area (Å²) in [6.07, 6.45) is 4.75. The Hall–Kier alpha value is -3.28. The molecule has 0 radical (unpaired) electrons. The molecule has 7 N–H and O–H groups in total. The zero-order chi connectivity index (χ0) is 17.7. The van der Waals surface area contributed by atoms with Crippen LogP contribution in [0.2, 0.25) is 0 Å². The minimum absolute atomic E-state index is 0.267. The maximum Gasteiger partial charge on any atom is 0.269 e. The third kappa shape index (κ3) is 3.73. The number of pyridine rings is 1. The van der Waals surface area contributed by atoms with E-state index in [1.807, 2.05) is 25.1 Å². The van der Waals surface area contributed by atoms with Crippen LogP contribution in [-0.4, -0.2) is 17.9 Å². The Labute approximate surface area is 141 Å². The number of nitrogens with zero attached hydrogens (tertiary/aromatic N) is 1. The van der Waals surface area contributed by atoms with E-state index in [9.17, 15) is 4.79 Å². The Morgan fingerprint density at radius 3 is 2.67 bits per heavy atom. The number of carbonyl (C=O) groups is 1. The first-order chi connectivity index (χ1) is 11.5. The third-order valence-electron chi connectivity index (χ3n) is 3.62. The molecule has 6 nitrogen and oxygen atoms in total. The number of nitrogens with one attached hydrogen (secondary N) is 1. The fourth-order valence-electron chi connectivity index (χ4n) is 2.29. The van der Waals surface area contributed by atoms with Crippen LogP contribution in [-0.2, 0) is 0 Å². The van der Waals surface area contributed by atoms with Crippen LogP contribution in [0.25, 0.3) is 11.3 Å². The predicted octanol–water partition coefficient (Wildman–Crippen LogP) is 1.63. The highest BCUT2D eigenvalue weighted by Crippen LogP contribution is 2.23. The van der Waals surface area contributed by atoms with Crippen LogP contribution in [0.1, 0.15) is 27.2 Å². The van der Waals surface area contributed by atoms with Gasteiger partial charge in [0.1, 0.15) is 5.69 Å². The van der Waals surface area contributed by atoms with Crippen molar-refractivity contribution in [1.82, 2.24) is 10.3 Å². The molecule has 0 spiro atoms. The molecule has 0 fully saturated rings. The summed E-state index contributed by atoms with van der Waals surface area (Å²) < 4.78 is 0. The molecule has 0 saturated heterocycles. The number of allylic oxidation sites excluding steroid dienone is 2. The van der Waals surface area contributed by atoms with E-state index in [1.165, 1.54) is 6.20 Å². The summed E-state index contributed by atoms with van der Waals surface area (Å²) in [6, 6.07) is 8.98. The number of hydrogen-bond donors (Lipinski definition) is 4. The van der Waals surface area contributed by atoms with Gasteiger partial charge in [-0.05, 0) is 54.0 Å². The standard InChI is InChI=1S/C18H21N5O/c1-11-3-4-14(20)9-15(11)16(21)7-13(10-19)12-5-6-23-17(8-12)18(24)22-2/h3-10H,19-21H2,1-2H3,(H,22,24)/b13-10+,16-7-. The van der Waals surface area contributed by atoms with Crippen molar-refractivity contribution in [1.29, 1.82) is 0 Å². The van der Waals surface area contributed by atoms with Crippen LogP contribution in [0.3, 0.4) is 0 Å². The second kappa shape index (κ2) is 7.32. The number of hydrogen-bond acceptors (Lipinski definition) is 5. The van der Waals surface area contributed by atoms with Gasteiger partial charge in [-0.2, -0.15) is 0 Å². The highest BCUT2D eigenvalue weighted by Gasteiger charge is 2.09. The summed E-state index contributed by atoms with van der Waals surface area (Å²) in [5, 5.41) is 2.54. The molecule has 1 aromatic carbocycles. The van der Waals surface area contributed by atoms with E-state index < -0.39 is 0 Å². The average molecular weight is 323 g/mol. The summed E-state index contributed by atoms with van der Waals surface area (Å²) in [6.45, 7) is 1.96. The zero-order valence-electron chi connectivity index (χ0n) is 13.7. The van der Waals surface area contributed by atoms with Crippen molar-refractivity contribution in [3.05, 3.63) is 71.2 Å². The normalized spacial score (nSPS) is 12.1. The minimum atomic E-state index is -0.267. The van der Waals surface area contributed by atoms with Gasteiger partial charge in [0.25, 0.3) is 5.91 Å². The van der Waals surface area contributed by atoms with Crippen molar-refractivity contribution in [2.45, 2.75) is 6.92 Å². The second-order valence-electron chi connectivity index (χ2n) is 5.30. The fourth-order valence-corrected chi connectivity index (χ4v) is 2.29. The number of benzene rings is 1. The van der Waals surface area contributed by atoms with E-state index in [4.69, 9.17) is 17.2 Å². The van der Waals surface area contributed by atoms with Crippen LogP contribution >= 0.6 is 0 Å². The quantitative estimate of drug-likeness (QED) is 0.503. The molecule has 0 atom stereocenters. The Morgan fingerprint density at radius 2 is 2.00 bits per heavy atom. The molecule has 24 heavy (non-hydrogen) atoms. The lowest BCUT2D eigenvalue weighted by atomic mass is 10.0. The molecule has 2 aromatic rings. The molecule has 2 rings (SSSR count). The summed E-state index contributed by atoms with van der Waals surface area (Å²) in [5.74, 6) is -0.267. The number of amides is 1. The number of carbonyl (C=O) groups excluding carboxylic acids is 1. The lowest BCUT2D eigenvalue weighted by Crippen LogP contribution is -2.19. The fraction of sp³-hybridized carbons (Fsp3) is 0.111. The van der Waals surface area contributed by atoms with Crippen molar-refractivity contribution in [3.8, 4) is 0 Å². The largest absolute Gasteiger partial charge is 0.404 e.